The molecule has 1 aromatic heterocycles. The molecular formula is C14H15ClN2O3. The number of aromatic amines is 1. The first-order valence-corrected chi connectivity index (χ1v) is 6.59. The zero-order valence-corrected chi connectivity index (χ0v) is 11.8. The van der Waals surface area contributed by atoms with E-state index in [-0.39, 0.29) is 16.9 Å². The minimum atomic E-state index is -0.390. The first-order valence-electron chi connectivity index (χ1n) is 6.21. The van der Waals surface area contributed by atoms with Crippen molar-refractivity contribution in [1.82, 2.24) is 10.3 Å². The molecule has 0 spiro atoms. The Morgan fingerprint density at radius 1 is 1.45 bits per heavy atom. The topological polar surface area (TPSA) is 71.2 Å². The summed E-state index contributed by atoms with van der Waals surface area (Å²) in [4.78, 5) is 27.1. The van der Waals surface area contributed by atoms with Crippen molar-refractivity contribution in [3.8, 4) is 0 Å². The summed E-state index contributed by atoms with van der Waals surface area (Å²) in [5.74, 6) is -0.390. The number of benzene rings is 1. The van der Waals surface area contributed by atoms with Crippen molar-refractivity contribution < 1.29 is 9.53 Å². The maximum Gasteiger partial charge on any atom is 0.256 e. The van der Waals surface area contributed by atoms with Crippen LogP contribution < -0.4 is 10.7 Å². The van der Waals surface area contributed by atoms with Gasteiger partial charge in [0.2, 0.25) is 5.43 Å². The van der Waals surface area contributed by atoms with E-state index in [9.17, 15) is 9.59 Å². The number of hydrogen-bond donors (Lipinski definition) is 2. The van der Waals surface area contributed by atoms with Gasteiger partial charge in [0, 0.05) is 36.9 Å². The SMILES string of the molecule is COCCCNC(=O)c1c[nH]c2cc(Cl)ccc2c1=O. The Hall–Kier alpha value is -1.85. The second kappa shape index (κ2) is 6.54. The molecule has 2 aromatic rings. The Labute approximate surface area is 120 Å². The maximum atomic E-state index is 12.2. The van der Waals surface area contributed by atoms with E-state index in [1.807, 2.05) is 0 Å². The van der Waals surface area contributed by atoms with E-state index in [4.69, 9.17) is 16.3 Å². The predicted octanol–water partition coefficient (Wildman–Crippen LogP) is 1.95. The number of nitrogens with one attached hydrogen (secondary N) is 2. The van der Waals surface area contributed by atoms with Crippen LogP contribution >= 0.6 is 11.6 Å². The van der Waals surface area contributed by atoms with Gasteiger partial charge < -0.3 is 15.0 Å². The molecule has 0 saturated carbocycles. The number of rotatable bonds is 5. The fourth-order valence-electron chi connectivity index (χ4n) is 1.88. The van der Waals surface area contributed by atoms with Crippen LogP contribution in [-0.2, 0) is 4.74 Å². The van der Waals surface area contributed by atoms with E-state index in [0.29, 0.717) is 35.5 Å². The third-order valence-electron chi connectivity index (χ3n) is 2.90. The molecule has 106 valence electrons. The number of H-pyrrole nitrogens is 1. The molecular weight excluding hydrogens is 280 g/mol. The van der Waals surface area contributed by atoms with Gasteiger partial charge in [0.25, 0.3) is 5.91 Å². The number of halogens is 1. The highest BCUT2D eigenvalue weighted by atomic mass is 35.5. The smallest absolute Gasteiger partial charge is 0.256 e. The molecule has 0 unspecified atom stereocenters. The Bertz CT molecular complexity index is 682. The van der Waals surface area contributed by atoms with E-state index in [2.05, 4.69) is 10.3 Å². The summed E-state index contributed by atoms with van der Waals surface area (Å²) in [5, 5.41) is 3.66. The van der Waals surface area contributed by atoms with Gasteiger partial charge in [-0.25, -0.2) is 0 Å². The third-order valence-corrected chi connectivity index (χ3v) is 3.13. The van der Waals surface area contributed by atoms with Crippen LogP contribution in [0.25, 0.3) is 10.9 Å². The summed E-state index contributed by atoms with van der Waals surface area (Å²) >= 11 is 5.86. The molecule has 5 nitrogen and oxygen atoms in total. The first kappa shape index (κ1) is 14.6. The van der Waals surface area contributed by atoms with Crippen LogP contribution in [0.2, 0.25) is 5.02 Å². The molecule has 0 radical (unpaired) electrons. The van der Waals surface area contributed by atoms with Crippen molar-refractivity contribution in [2.45, 2.75) is 6.42 Å². The summed E-state index contributed by atoms with van der Waals surface area (Å²) in [6, 6.07) is 4.89. The molecule has 0 atom stereocenters. The summed E-state index contributed by atoms with van der Waals surface area (Å²) in [7, 11) is 1.60. The zero-order chi connectivity index (χ0) is 14.5. The summed E-state index contributed by atoms with van der Waals surface area (Å²) in [6.45, 7) is 1.03. The van der Waals surface area contributed by atoms with Crippen LogP contribution in [-0.4, -0.2) is 31.2 Å². The number of fused-ring (bicyclic) bond motifs is 1. The van der Waals surface area contributed by atoms with Crippen molar-refractivity contribution in [1.29, 1.82) is 0 Å². The third kappa shape index (κ3) is 3.18. The van der Waals surface area contributed by atoms with Crippen molar-refractivity contribution in [2.24, 2.45) is 0 Å². The second-order valence-corrected chi connectivity index (χ2v) is 4.76. The number of aromatic nitrogens is 1. The quantitative estimate of drug-likeness (QED) is 0.828. The first-order chi connectivity index (χ1) is 9.63. The number of carbonyl (C=O) groups is 1. The Morgan fingerprint density at radius 3 is 3.00 bits per heavy atom. The van der Waals surface area contributed by atoms with Gasteiger partial charge in [0.1, 0.15) is 5.56 Å². The molecule has 0 aliphatic rings. The molecule has 0 aliphatic carbocycles. The van der Waals surface area contributed by atoms with Crippen LogP contribution in [0.3, 0.4) is 0 Å². The molecule has 0 saturated heterocycles. The number of ether oxygens (including phenoxy) is 1. The molecule has 6 heteroatoms. The fourth-order valence-corrected chi connectivity index (χ4v) is 2.05. The van der Waals surface area contributed by atoms with Gasteiger partial charge in [-0.3, -0.25) is 9.59 Å². The lowest BCUT2D eigenvalue weighted by molar-refractivity contribution is 0.0947. The van der Waals surface area contributed by atoms with Gasteiger partial charge in [-0.2, -0.15) is 0 Å². The molecule has 20 heavy (non-hydrogen) atoms. The van der Waals surface area contributed by atoms with Crippen LogP contribution in [0, 0.1) is 0 Å². The van der Waals surface area contributed by atoms with Crippen LogP contribution in [0.4, 0.5) is 0 Å². The molecule has 2 rings (SSSR count). The Kier molecular flexibility index (Phi) is 4.76. The van der Waals surface area contributed by atoms with E-state index >= 15 is 0 Å². The molecule has 2 N–H and O–H groups in total. The van der Waals surface area contributed by atoms with E-state index < -0.39 is 0 Å². The molecule has 1 aromatic carbocycles. The van der Waals surface area contributed by atoms with Gasteiger partial charge in [-0.15, -0.1) is 0 Å². The van der Waals surface area contributed by atoms with E-state index in [0.717, 1.165) is 0 Å². The average Bonchev–Trinajstić information content (AvgIpc) is 2.43. The molecule has 1 heterocycles. The largest absolute Gasteiger partial charge is 0.385 e. The number of hydrogen-bond acceptors (Lipinski definition) is 3. The van der Waals surface area contributed by atoms with Gasteiger partial charge in [0.05, 0.1) is 5.52 Å². The van der Waals surface area contributed by atoms with Crippen molar-refractivity contribution in [3.63, 3.8) is 0 Å². The Balaban J connectivity index is 2.22. The number of pyridine rings is 1. The lowest BCUT2D eigenvalue weighted by Gasteiger charge is -2.05. The number of carbonyl (C=O) groups excluding carboxylic acids is 1. The zero-order valence-electron chi connectivity index (χ0n) is 11.0. The highest BCUT2D eigenvalue weighted by Crippen LogP contribution is 2.14. The summed E-state index contributed by atoms with van der Waals surface area (Å²) in [5.41, 5.74) is 0.398. The average molecular weight is 295 g/mol. The molecule has 0 fully saturated rings. The van der Waals surface area contributed by atoms with E-state index in [1.54, 1.807) is 25.3 Å². The summed E-state index contributed by atoms with van der Waals surface area (Å²) in [6.07, 6.45) is 2.11. The van der Waals surface area contributed by atoms with Crippen molar-refractivity contribution in [2.75, 3.05) is 20.3 Å². The minimum absolute atomic E-state index is 0.0947. The standard InChI is InChI=1S/C14H15ClN2O3/c1-20-6-2-5-16-14(19)11-8-17-12-7-9(15)3-4-10(12)13(11)18/h3-4,7-8H,2,5-6H2,1H3,(H,16,19)(H,17,18). The van der Waals surface area contributed by atoms with Gasteiger partial charge in [-0.1, -0.05) is 11.6 Å². The van der Waals surface area contributed by atoms with Crippen molar-refractivity contribution in [3.05, 3.63) is 45.2 Å². The van der Waals surface area contributed by atoms with Crippen LogP contribution in [0.5, 0.6) is 0 Å². The monoisotopic (exact) mass is 294 g/mol. The molecule has 1 amide bonds. The van der Waals surface area contributed by atoms with Crippen molar-refractivity contribution >= 4 is 28.4 Å². The normalized spacial score (nSPS) is 10.7. The van der Waals surface area contributed by atoms with E-state index in [1.165, 1.54) is 6.20 Å². The number of amides is 1. The molecule has 0 bridgehead atoms. The minimum Gasteiger partial charge on any atom is -0.385 e. The predicted molar refractivity (Wildman–Crippen MR) is 78.4 cm³/mol. The Morgan fingerprint density at radius 2 is 2.25 bits per heavy atom. The summed E-state index contributed by atoms with van der Waals surface area (Å²) < 4.78 is 4.89. The van der Waals surface area contributed by atoms with Gasteiger partial charge in [-0.05, 0) is 24.6 Å². The maximum absolute atomic E-state index is 12.2. The number of methoxy groups -OCH3 is 1. The van der Waals surface area contributed by atoms with Crippen LogP contribution in [0.1, 0.15) is 16.8 Å². The molecule has 0 aliphatic heterocycles. The van der Waals surface area contributed by atoms with Gasteiger partial charge >= 0.3 is 0 Å². The van der Waals surface area contributed by atoms with Crippen LogP contribution in [0.15, 0.2) is 29.2 Å². The lowest BCUT2D eigenvalue weighted by atomic mass is 10.1. The lowest BCUT2D eigenvalue weighted by Crippen LogP contribution is -2.30. The van der Waals surface area contributed by atoms with Gasteiger partial charge in [0.15, 0.2) is 0 Å². The highest BCUT2D eigenvalue weighted by molar-refractivity contribution is 6.31. The highest BCUT2D eigenvalue weighted by Gasteiger charge is 2.12. The second-order valence-electron chi connectivity index (χ2n) is 4.32. The fraction of sp³-hybridized carbons (Fsp3) is 0.286.